The third-order valence-electron chi connectivity index (χ3n) is 4.49. The highest BCUT2D eigenvalue weighted by Crippen LogP contribution is 2.17. The highest BCUT2D eigenvalue weighted by molar-refractivity contribution is 5.96. The van der Waals surface area contributed by atoms with Gasteiger partial charge in [-0.3, -0.25) is 15.0 Å². The molecule has 0 bridgehead atoms. The number of amides is 3. The summed E-state index contributed by atoms with van der Waals surface area (Å²) in [6.07, 6.45) is 9.18. The Hall–Kier alpha value is -1.10. The molecule has 20 heavy (non-hydrogen) atoms. The van der Waals surface area contributed by atoms with Crippen molar-refractivity contribution in [3.8, 4) is 0 Å². The van der Waals surface area contributed by atoms with E-state index in [1.165, 1.54) is 25.7 Å². The van der Waals surface area contributed by atoms with E-state index >= 15 is 0 Å². The molecule has 1 saturated carbocycles. The van der Waals surface area contributed by atoms with E-state index in [-0.39, 0.29) is 24.0 Å². The Morgan fingerprint density at radius 2 is 1.60 bits per heavy atom. The summed E-state index contributed by atoms with van der Waals surface area (Å²) >= 11 is 0. The summed E-state index contributed by atoms with van der Waals surface area (Å²) in [5, 5.41) is 5.38. The van der Waals surface area contributed by atoms with Gasteiger partial charge in [-0.25, -0.2) is 4.79 Å². The Bertz CT molecular complexity index is 332. The summed E-state index contributed by atoms with van der Waals surface area (Å²) in [5.74, 6) is -0.178. The number of carbonyl (C=O) groups excluding carboxylic acids is 2. The van der Waals surface area contributed by atoms with E-state index in [9.17, 15) is 9.59 Å². The van der Waals surface area contributed by atoms with Crippen LogP contribution in [0, 0.1) is 0 Å². The highest BCUT2D eigenvalue weighted by Gasteiger charge is 2.24. The van der Waals surface area contributed by atoms with Gasteiger partial charge in [0.05, 0.1) is 6.04 Å². The molecule has 1 saturated heterocycles. The second-order valence-corrected chi connectivity index (χ2v) is 6.07. The Kier molecular flexibility index (Phi) is 5.83. The molecule has 5 nitrogen and oxygen atoms in total. The summed E-state index contributed by atoms with van der Waals surface area (Å²) in [6.45, 7) is 3.81. The minimum Gasteiger partial charge on any atom is -0.335 e. The predicted octanol–water partition coefficient (Wildman–Crippen LogP) is 2.02. The second-order valence-electron chi connectivity index (χ2n) is 6.07. The van der Waals surface area contributed by atoms with Gasteiger partial charge in [-0.1, -0.05) is 25.7 Å². The van der Waals surface area contributed by atoms with Gasteiger partial charge in [0.15, 0.2) is 0 Å². The zero-order valence-electron chi connectivity index (χ0n) is 12.5. The van der Waals surface area contributed by atoms with Crippen LogP contribution in [-0.4, -0.2) is 42.0 Å². The molecule has 3 amide bonds. The third-order valence-corrected chi connectivity index (χ3v) is 4.49. The minimum atomic E-state index is -0.330. The molecule has 1 heterocycles. The van der Waals surface area contributed by atoms with Crippen molar-refractivity contribution in [3.63, 3.8) is 0 Å². The highest BCUT2D eigenvalue weighted by atomic mass is 16.2. The molecule has 0 spiro atoms. The van der Waals surface area contributed by atoms with Gasteiger partial charge in [-0.2, -0.15) is 0 Å². The molecule has 0 unspecified atom stereocenters. The molecular formula is C15H27N3O2. The first-order valence-electron chi connectivity index (χ1n) is 8.02. The van der Waals surface area contributed by atoms with Crippen molar-refractivity contribution in [2.75, 3.05) is 13.1 Å². The fourth-order valence-electron chi connectivity index (χ4n) is 3.16. The van der Waals surface area contributed by atoms with Crippen LogP contribution in [0.1, 0.15) is 58.3 Å². The Morgan fingerprint density at radius 3 is 2.20 bits per heavy atom. The largest absolute Gasteiger partial charge is 0.335 e. The zero-order chi connectivity index (χ0) is 14.4. The molecule has 1 aliphatic carbocycles. The summed E-state index contributed by atoms with van der Waals surface area (Å²) in [5.41, 5.74) is 0. The van der Waals surface area contributed by atoms with Crippen LogP contribution in [0.15, 0.2) is 0 Å². The minimum absolute atomic E-state index is 0.178. The Labute approximate surface area is 121 Å². The lowest BCUT2D eigenvalue weighted by molar-refractivity contribution is -0.124. The van der Waals surface area contributed by atoms with Gasteiger partial charge in [0.1, 0.15) is 0 Å². The molecule has 2 fully saturated rings. The van der Waals surface area contributed by atoms with E-state index in [2.05, 4.69) is 15.5 Å². The quantitative estimate of drug-likeness (QED) is 0.832. The summed E-state index contributed by atoms with van der Waals surface area (Å²) in [7, 11) is 0. The molecule has 1 atom stereocenters. The van der Waals surface area contributed by atoms with Crippen LogP contribution in [-0.2, 0) is 4.79 Å². The maximum absolute atomic E-state index is 12.1. The predicted molar refractivity (Wildman–Crippen MR) is 78.4 cm³/mol. The number of likely N-dealkylation sites (tertiary alicyclic amines) is 1. The number of nitrogens with one attached hydrogen (secondary N) is 2. The number of hydrogen-bond donors (Lipinski definition) is 2. The van der Waals surface area contributed by atoms with Crippen LogP contribution >= 0.6 is 0 Å². The van der Waals surface area contributed by atoms with Gasteiger partial charge in [-0.15, -0.1) is 0 Å². The van der Waals surface area contributed by atoms with Gasteiger partial charge in [0, 0.05) is 6.04 Å². The maximum atomic E-state index is 12.1. The Morgan fingerprint density at radius 1 is 1.00 bits per heavy atom. The van der Waals surface area contributed by atoms with E-state index < -0.39 is 0 Å². The van der Waals surface area contributed by atoms with Gasteiger partial charge in [0.2, 0.25) is 5.91 Å². The van der Waals surface area contributed by atoms with Crippen LogP contribution in [0.2, 0.25) is 0 Å². The molecule has 1 aliphatic heterocycles. The van der Waals surface area contributed by atoms with Crippen molar-refractivity contribution >= 4 is 11.9 Å². The standard InChI is InChI=1S/C15H27N3O2/c1-12(18-10-6-2-3-7-11-18)14(19)17-15(20)16-13-8-4-5-9-13/h12-13H,2-11H2,1H3,(H2,16,17,19,20)/t12-/m0/s1. The van der Waals surface area contributed by atoms with E-state index in [1.54, 1.807) is 0 Å². The van der Waals surface area contributed by atoms with Gasteiger partial charge < -0.3 is 5.32 Å². The van der Waals surface area contributed by atoms with Crippen molar-refractivity contribution in [3.05, 3.63) is 0 Å². The van der Waals surface area contributed by atoms with Crippen molar-refractivity contribution in [2.24, 2.45) is 0 Å². The van der Waals surface area contributed by atoms with Crippen molar-refractivity contribution < 1.29 is 9.59 Å². The number of hydrogen-bond acceptors (Lipinski definition) is 3. The molecule has 0 aromatic rings. The molecule has 2 aliphatic rings. The number of imide groups is 1. The van der Waals surface area contributed by atoms with Crippen LogP contribution < -0.4 is 10.6 Å². The maximum Gasteiger partial charge on any atom is 0.321 e. The smallest absolute Gasteiger partial charge is 0.321 e. The number of rotatable bonds is 3. The average molecular weight is 281 g/mol. The summed E-state index contributed by atoms with van der Waals surface area (Å²) in [6, 6.07) is -0.303. The number of carbonyl (C=O) groups is 2. The van der Waals surface area contributed by atoms with E-state index in [1.807, 2.05) is 6.92 Å². The van der Waals surface area contributed by atoms with Crippen molar-refractivity contribution in [1.29, 1.82) is 0 Å². The average Bonchev–Trinajstić information content (AvgIpc) is 2.77. The molecule has 0 radical (unpaired) electrons. The fraction of sp³-hybridized carbons (Fsp3) is 0.867. The molecule has 0 aromatic heterocycles. The first-order valence-corrected chi connectivity index (χ1v) is 8.02. The molecule has 5 heteroatoms. The lowest BCUT2D eigenvalue weighted by Crippen LogP contribution is -2.51. The van der Waals surface area contributed by atoms with Gasteiger partial charge in [0.25, 0.3) is 0 Å². The molecule has 2 rings (SSSR count). The summed E-state index contributed by atoms with van der Waals surface area (Å²) in [4.78, 5) is 26.1. The SMILES string of the molecule is C[C@@H](C(=O)NC(=O)NC1CCCC1)N1CCCCCC1. The molecule has 0 aromatic carbocycles. The Balaban J connectivity index is 1.75. The molecule has 114 valence electrons. The second kappa shape index (κ2) is 7.62. The lowest BCUT2D eigenvalue weighted by atomic mass is 10.2. The van der Waals surface area contributed by atoms with E-state index in [0.29, 0.717) is 0 Å². The first-order chi connectivity index (χ1) is 9.66. The number of urea groups is 1. The van der Waals surface area contributed by atoms with Crippen LogP contribution in [0.5, 0.6) is 0 Å². The molecule has 2 N–H and O–H groups in total. The zero-order valence-corrected chi connectivity index (χ0v) is 12.5. The number of nitrogens with zero attached hydrogens (tertiary/aromatic N) is 1. The van der Waals surface area contributed by atoms with Crippen molar-refractivity contribution in [2.45, 2.75) is 70.4 Å². The molecular weight excluding hydrogens is 254 g/mol. The van der Waals surface area contributed by atoms with Crippen molar-refractivity contribution in [1.82, 2.24) is 15.5 Å². The van der Waals surface area contributed by atoms with Gasteiger partial charge in [-0.05, 0) is 45.7 Å². The summed E-state index contributed by atoms with van der Waals surface area (Å²) < 4.78 is 0. The normalized spacial score (nSPS) is 23.1. The van der Waals surface area contributed by atoms with E-state index in [4.69, 9.17) is 0 Å². The van der Waals surface area contributed by atoms with Crippen LogP contribution in [0.4, 0.5) is 4.79 Å². The topological polar surface area (TPSA) is 61.4 Å². The monoisotopic (exact) mass is 281 g/mol. The van der Waals surface area contributed by atoms with E-state index in [0.717, 1.165) is 38.8 Å². The van der Waals surface area contributed by atoms with Gasteiger partial charge >= 0.3 is 6.03 Å². The van der Waals surface area contributed by atoms with Crippen LogP contribution in [0.3, 0.4) is 0 Å². The third kappa shape index (κ3) is 4.47. The fourth-order valence-corrected chi connectivity index (χ4v) is 3.16. The first kappa shape index (κ1) is 15.3. The van der Waals surface area contributed by atoms with Crippen LogP contribution in [0.25, 0.3) is 0 Å². The lowest BCUT2D eigenvalue weighted by Gasteiger charge is -2.26.